The first-order chi connectivity index (χ1) is 13.5. The molecule has 0 aromatic heterocycles. The molecule has 0 aliphatic carbocycles. The summed E-state index contributed by atoms with van der Waals surface area (Å²) in [6.07, 6.45) is 3.58. The van der Waals surface area contributed by atoms with E-state index >= 15 is 0 Å². The first-order valence-corrected chi connectivity index (χ1v) is 10.6. The standard InChI is InChI=1S/C19H21BrClFN4O2/c1-25-8-14(27-9-19-3-2-4-26(19)7-11(22)6-19)28-13-5-12(20)16(21)17-15(13)18(25)24-10-23-17/h5,8,11,24H,2-4,6-7,9-10H2,1H3/t11-,19+/m1/s1. The second-order valence-corrected chi connectivity index (χ2v) is 8.99. The molecule has 9 heteroatoms. The summed E-state index contributed by atoms with van der Waals surface area (Å²) in [5, 5.41) is 5.33. The summed E-state index contributed by atoms with van der Waals surface area (Å²) in [5.41, 5.74) is -0.225. The number of benzene rings is 1. The van der Waals surface area contributed by atoms with Gasteiger partial charge in [0.1, 0.15) is 31.0 Å². The van der Waals surface area contributed by atoms with Gasteiger partial charge in [0.15, 0.2) is 0 Å². The summed E-state index contributed by atoms with van der Waals surface area (Å²) in [4.78, 5) is 8.64. The van der Waals surface area contributed by atoms with Crippen molar-refractivity contribution < 1.29 is 13.9 Å². The fourth-order valence-corrected chi connectivity index (χ4v) is 5.31. The fraction of sp³-hybridized carbons (Fsp3) is 0.526. The molecule has 1 aromatic carbocycles. The lowest BCUT2D eigenvalue weighted by molar-refractivity contribution is 0.0269. The van der Waals surface area contributed by atoms with Crippen LogP contribution in [0.4, 0.5) is 4.39 Å². The van der Waals surface area contributed by atoms with Crippen LogP contribution < -0.4 is 20.6 Å². The van der Waals surface area contributed by atoms with Gasteiger partial charge in [-0.3, -0.25) is 9.89 Å². The van der Waals surface area contributed by atoms with Gasteiger partial charge in [0.05, 0.1) is 27.3 Å². The van der Waals surface area contributed by atoms with Crippen molar-refractivity contribution in [1.82, 2.24) is 15.1 Å². The van der Waals surface area contributed by atoms with Crippen molar-refractivity contribution in [3.05, 3.63) is 38.3 Å². The normalized spacial score (nSPS) is 28.6. The van der Waals surface area contributed by atoms with Gasteiger partial charge in [-0.05, 0) is 41.4 Å². The van der Waals surface area contributed by atoms with Crippen molar-refractivity contribution in [3.63, 3.8) is 0 Å². The molecular weight excluding hydrogens is 451 g/mol. The monoisotopic (exact) mass is 470 g/mol. The Balaban J connectivity index is 1.46. The molecule has 6 nitrogen and oxygen atoms in total. The van der Waals surface area contributed by atoms with Gasteiger partial charge in [-0.15, -0.1) is 0 Å². The van der Waals surface area contributed by atoms with Crippen LogP contribution in [-0.2, 0) is 4.74 Å². The average molecular weight is 472 g/mol. The number of ether oxygens (including phenoxy) is 2. The van der Waals surface area contributed by atoms with Crippen LogP contribution in [0.5, 0.6) is 5.75 Å². The molecule has 0 radical (unpaired) electrons. The smallest absolute Gasteiger partial charge is 0.301 e. The first kappa shape index (κ1) is 18.5. The van der Waals surface area contributed by atoms with Crippen molar-refractivity contribution in [1.29, 1.82) is 0 Å². The number of rotatable bonds is 3. The van der Waals surface area contributed by atoms with Crippen molar-refractivity contribution in [3.8, 4) is 5.75 Å². The lowest BCUT2D eigenvalue weighted by Crippen LogP contribution is -2.43. The van der Waals surface area contributed by atoms with E-state index in [1.165, 1.54) is 0 Å². The number of hydrogen-bond donors (Lipinski definition) is 1. The Morgan fingerprint density at radius 1 is 1.54 bits per heavy atom. The quantitative estimate of drug-likeness (QED) is 0.731. The minimum Gasteiger partial charge on any atom is -0.462 e. The van der Waals surface area contributed by atoms with Gasteiger partial charge < -0.3 is 19.7 Å². The molecule has 1 aromatic rings. The highest BCUT2D eigenvalue weighted by molar-refractivity contribution is 9.10. The zero-order valence-corrected chi connectivity index (χ0v) is 17.8. The Hall–Kier alpha value is -1.51. The SMILES string of the molecule is CN1C=C(OC[C@@]23CCCN2C[C@H](F)C3)Oc2cc(Br)c(Cl)c3c2=C1NCN=3. The average Bonchev–Trinajstić information content (AvgIpc) is 3.14. The fourth-order valence-electron chi connectivity index (χ4n) is 4.71. The molecule has 0 unspecified atom stereocenters. The number of nitrogens with one attached hydrogen (secondary N) is 1. The molecule has 0 bridgehead atoms. The second-order valence-electron chi connectivity index (χ2n) is 7.76. The van der Waals surface area contributed by atoms with E-state index in [1.807, 2.05) is 18.0 Å². The third-order valence-corrected chi connectivity index (χ3v) is 7.22. The maximum atomic E-state index is 14.0. The molecule has 0 spiro atoms. The van der Waals surface area contributed by atoms with Gasteiger partial charge in [0, 0.05) is 24.5 Å². The summed E-state index contributed by atoms with van der Waals surface area (Å²) in [5.74, 6) is 1.85. The van der Waals surface area contributed by atoms with Crippen LogP contribution in [0.15, 0.2) is 27.7 Å². The van der Waals surface area contributed by atoms with Crippen molar-refractivity contribution in [2.24, 2.45) is 4.99 Å². The van der Waals surface area contributed by atoms with Crippen LogP contribution in [-0.4, -0.2) is 54.9 Å². The molecule has 0 saturated carbocycles. The summed E-state index contributed by atoms with van der Waals surface area (Å²) in [7, 11) is 1.92. The molecular formula is C19H21BrClFN4O2. The number of halogens is 3. The summed E-state index contributed by atoms with van der Waals surface area (Å²) in [6.45, 7) is 2.29. The van der Waals surface area contributed by atoms with E-state index < -0.39 is 6.17 Å². The van der Waals surface area contributed by atoms with Crippen molar-refractivity contribution in [2.45, 2.75) is 31.0 Å². The molecule has 4 aliphatic heterocycles. The second kappa shape index (κ2) is 6.78. The zero-order chi connectivity index (χ0) is 19.5. The molecule has 4 aliphatic rings. The van der Waals surface area contributed by atoms with Crippen LogP contribution in [0.3, 0.4) is 0 Å². The van der Waals surface area contributed by atoms with Crippen LogP contribution in [0.1, 0.15) is 19.3 Å². The predicted octanol–water partition coefficient (Wildman–Crippen LogP) is 2.06. The summed E-state index contributed by atoms with van der Waals surface area (Å²) < 4.78 is 27.0. The molecule has 5 rings (SSSR count). The molecule has 0 amide bonds. The van der Waals surface area contributed by atoms with Gasteiger partial charge in [-0.1, -0.05) is 11.6 Å². The predicted molar refractivity (Wildman–Crippen MR) is 107 cm³/mol. The van der Waals surface area contributed by atoms with Gasteiger partial charge >= 0.3 is 5.95 Å². The number of fused-ring (bicyclic) bond motifs is 1. The summed E-state index contributed by atoms with van der Waals surface area (Å²) in [6, 6.07) is 1.83. The topological polar surface area (TPSA) is 49.3 Å². The molecule has 2 atom stereocenters. The van der Waals surface area contributed by atoms with E-state index in [0.717, 1.165) is 30.4 Å². The highest BCUT2D eigenvalue weighted by atomic mass is 79.9. The number of hydrogen-bond acceptors (Lipinski definition) is 6. The third kappa shape index (κ3) is 2.88. The first-order valence-electron chi connectivity index (χ1n) is 9.42. The van der Waals surface area contributed by atoms with E-state index in [1.54, 1.807) is 6.20 Å². The Morgan fingerprint density at radius 2 is 2.39 bits per heavy atom. The lowest BCUT2D eigenvalue weighted by atomic mass is 9.95. The summed E-state index contributed by atoms with van der Waals surface area (Å²) >= 11 is 9.92. The van der Waals surface area contributed by atoms with Crippen LogP contribution in [0.2, 0.25) is 5.02 Å². The van der Waals surface area contributed by atoms with Crippen LogP contribution in [0.25, 0.3) is 5.82 Å². The van der Waals surface area contributed by atoms with E-state index in [9.17, 15) is 4.39 Å². The molecule has 2 fully saturated rings. The lowest BCUT2D eigenvalue weighted by Gasteiger charge is -2.31. The van der Waals surface area contributed by atoms with Crippen molar-refractivity contribution >= 4 is 33.4 Å². The Bertz CT molecular complexity index is 987. The largest absolute Gasteiger partial charge is 0.462 e. The van der Waals surface area contributed by atoms with E-state index in [0.29, 0.717) is 52.8 Å². The Kier molecular flexibility index (Phi) is 4.48. The van der Waals surface area contributed by atoms with Gasteiger partial charge in [0.25, 0.3) is 0 Å². The molecule has 4 heterocycles. The molecule has 28 heavy (non-hydrogen) atoms. The van der Waals surface area contributed by atoms with Gasteiger partial charge in [-0.25, -0.2) is 4.39 Å². The maximum Gasteiger partial charge on any atom is 0.301 e. The molecule has 1 N–H and O–H groups in total. The maximum absolute atomic E-state index is 14.0. The third-order valence-electron chi connectivity index (χ3n) is 5.99. The van der Waals surface area contributed by atoms with Gasteiger partial charge in [-0.2, -0.15) is 0 Å². The van der Waals surface area contributed by atoms with E-state index in [2.05, 4.69) is 31.1 Å². The van der Waals surface area contributed by atoms with Crippen LogP contribution >= 0.6 is 27.5 Å². The highest BCUT2D eigenvalue weighted by Gasteiger charge is 2.49. The van der Waals surface area contributed by atoms with Crippen LogP contribution in [0, 0.1) is 0 Å². The van der Waals surface area contributed by atoms with Crippen molar-refractivity contribution in [2.75, 3.05) is 33.4 Å². The molecule has 150 valence electrons. The van der Waals surface area contributed by atoms with E-state index in [4.69, 9.17) is 21.1 Å². The molecule has 2 saturated heterocycles. The Labute approximate surface area is 175 Å². The minimum absolute atomic E-state index is 0.225. The zero-order valence-electron chi connectivity index (χ0n) is 15.5. The van der Waals surface area contributed by atoms with Gasteiger partial charge in [0.2, 0.25) is 0 Å². The Morgan fingerprint density at radius 3 is 3.25 bits per heavy atom. The number of nitrogens with zero attached hydrogens (tertiary/aromatic N) is 3. The van der Waals surface area contributed by atoms with E-state index in [-0.39, 0.29) is 5.54 Å². The minimum atomic E-state index is -0.781. The number of alkyl halides is 1. The highest BCUT2D eigenvalue weighted by Crippen LogP contribution is 2.40.